The molecule has 0 radical (unpaired) electrons. The van der Waals surface area contributed by atoms with Gasteiger partial charge in [-0.15, -0.1) is 0 Å². The average Bonchev–Trinajstić information content (AvgIpc) is 3.32. The number of aromatic nitrogens is 5. The lowest BCUT2D eigenvalue weighted by atomic mass is 10.2. The molecule has 0 saturated carbocycles. The zero-order valence-corrected chi connectivity index (χ0v) is 13.8. The van der Waals surface area contributed by atoms with Crippen LogP contribution in [-0.4, -0.2) is 38.7 Å². The van der Waals surface area contributed by atoms with Gasteiger partial charge in [0.05, 0.1) is 6.04 Å². The minimum atomic E-state index is 0.0897. The zero-order valence-electron chi connectivity index (χ0n) is 13.8. The van der Waals surface area contributed by atoms with Crippen molar-refractivity contribution in [3.63, 3.8) is 0 Å². The fourth-order valence-electron chi connectivity index (χ4n) is 2.76. The summed E-state index contributed by atoms with van der Waals surface area (Å²) in [5.41, 5.74) is 6.79. The number of nitrogen functional groups attached to an aromatic ring is 1. The lowest BCUT2D eigenvalue weighted by Crippen LogP contribution is -2.15. The summed E-state index contributed by atoms with van der Waals surface area (Å²) < 4.78 is 5.35. The van der Waals surface area contributed by atoms with Crippen LogP contribution in [0.1, 0.15) is 24.8 Å². The van der Waals surface area contributed by atoms with Gasteiger partial charge in [-0.2, -0.15) is 19.9 Å². The maximum Gasteiger partial charge on any atom is 0.244 e. The van der Waals surface area contributed by atoms with Gasteiger partial charge >= 0.3 is 0 Å². The highest BCUT2D eigenvalue weighted by molar-refractivity contribution is 5.58. The standard InChI is InChI=1S/C16H18N8O/c1-24(10-6-3-2-4-7-10)16-21-12(20-15(17)22-16)13-19-14(25-23-13)11-8-5-9-18-11/h2-4,6-7,11,18H,5,8-9H2,1H3,(H2,17,20,21,22)/t11-/m0/s1. The fourth-order valence-corrected chi connectivity index (χ4v) is 2.76. The van der Waals surface area contributed by atoms with Crippen LogP contribution in [0.3, 0.4) is 0 Å². The van der Waals surface area contributed by atoms with E-state index in [0.717, 1.165) is 25.1 Å². The normalized spacial score (nSPS) is 16.9. The molecule has 0 bridgehead atoms. The Hall–Kier alpha value is -3.07. The second-order valence-corrected chi connectivity index (χ2v) is 5.82. The van der Waals surface area contributed by atoms with Crippen molar-refractivity contribution in [1.82, 2.24) is 30.4 Å². The third-order valence-corrected chi connectivity index (χ3v) is 4.08. The van der Waals surface area contributed by atoms with Crippen LogP contribution >= 0.6 is 0 Å². The van der Waals surface area contributed by atoms with Crippen LogP contribution in [-0.2, 0) is 0 Å². The molecule has 4 rings (SSSR count). The molecule has 3 aromatic rings. The molecule has 0 spiro atoms. The Balaban J connectivity index is 1.65. The summed E-state index contributed by atoms with van der Waals surface area (Å²) in [7, 11) is 1.86. The van der Waals surface area contributed by atoms with Gasteiger partial charge in [0.2, 0.25) is 29.4 Å². The number of anilines is 3. The van der Waals surface area contributed by atoms with Gasteiger partial charge in [0.25, 0.3) is 0 Å². The van der Waals surface area contributed by atoms with Crippen LogP contribution in [0, 0.1) is 0 Å². The second kappa shape index (κ2) is 6.44. The Bertz CT molecular complexity index is 860. The van der Waals surface area contributed by atoms with Crippen LogP contribution in [0.5, 0.6) is 0 Å². The quantitative estimate of drug-likeness (QED) is 0.732. The van der Waals surface area contributed by atoms with Gasteiger partial charge < -0.3 is 20.5 Å². The van der Waals surface area contributed by atoms with Crippen molar-refractivity contribution in [2.45, 2.75) is 18.9 Å². The Morgan fingerprint density at radius 3 is 2.72 bits per heavy atom. The molecule has 0 aliphatic carbocycles. The molecule has 1 saturated heterocycles. The van der Waals surface area contributed by atoms with Gasteiger partial charge in [-0.3, -0.25) is 0 Å². The minimum absolute atomic E-state index is 0.0897. The van der Waals surface area contributed by atoms with Gasteiger partial charge in [-0.25, -0.2) is 0 Å². The number of rotatable bonds is 4. The first-order valence-electron chi connectivity index (χ1n) is 8.08. The number of para-hydroxylation sites is 1. The number of nitrogens with two attached hydrogens (primary N) is 1. The van der Waals surface area contributed by atoms with Crippen LogP contribution < -0.4 is 16.0 Å². The fraction of sp³-hybridized carbons (Fsp3) is 0.312. The summed E-state index contributed by atoms with van der Waals surface area (Å²) in [5.74, 6) is 1.66. The maximum absolute atomic E-state index is 5.85. The van der Waals surface area contributed by atoms with E-state index in [4.69, 9.17) is 10.3 Å². The highest BCUT2D eigenvalue weighted by Crippen LogP contribution is 2.25. The first kappa shape index (κ1) is 15.5. The number of nitrogens with zero attached hydrogens (tertiary/aromatic N) is 6. The van der Waals surface area contributed by atoms with Gasteiger partial charge in [0.15, 0.2) is 0 Å². The number of hydrogen-bond donors (Lipinski definition) is 2. The lowest BCUT2D eigenvalue weighted by Gasteiger charge is -2.17. The Morgan fingerprint density at radius 1 is 1.12 bits per heavy atom. The first-order valence-corrected chi connectivity index (χ1v) is 8.08. The summed E-state index contributed by atoms with van der Waals surface area (Å²) in [4.78, 5) is 19.0. The summed E-state index contributed by atoms with van der Waals surface area (Å²) in [5, 5.41) is 7.31. The van der Waals surface area contributed by atoms with Crippen molar-refractivity contribution >= 4 is 17.6 Å². The molecule has 3 N–H and O–H groups in total. The first-order chi connectivity index (χ1) is 12.2. The van der Waals surface area contributed by atoms with E-state index in [9.17, 15) is 0 Å². The van der Waals surface area contributed by atoms with E-state index < -0.39 is 0 Å². The zero-order chi connectivity index (χ0) is 17.2. The highest BCUT2D eigenvalue weighted by atomic mass is 16.5. The molecule has 9 nitrogen and oxygen atoms in total. The molecule has 9 heteroatoms. The minimum Gasteiger partial charge on any atom is -0.368 e. The molecule has 25 heavy (non-hydrogen) atoms. The molecular weight excluding hydrogens is 320 g/mol. The van der Waals surface area contributed by atoms with Crippen molar-refractivity contribution in [2.24, 2.45) is 0 Å². The summed E-state index contributed by atoms with van der Waals surface area (Å²) in [6.45, 7) is 0.951. The summed E-state index contributed by atoms with van der Waals surface area (Å²) in [6.07, 6.45) is 2.07. The van der Waals surface area contributed by atoms with Gasteiger partial charge in [-0.05, 0) is 31.5 Å². The van der Waals surface area contributed by atoms with Gasteiger partial charge in [0.1, 0.15) is 0 Å². The molecule has 0 unspecified atom stereocenters. The van der Waals surface area contributed by atoms with E-state index in [2.05, 4.69) is 30.4 Å². The van der Waals surface area contributed by atoms with Crippen LogP contribution in [0.25, 0.3) is 11.6 Å². The lowest BCUT2D eigenvalue weighted by molar-refractivity contribution is 0.344. The average molecular weight is 338 g/mol. The van der Waals surface area contributed by atoms with Gasteiger partial charge in [0, 0.05) is 12.7 Å². The van der Waals surface area contributed by atoms with E-state index in [-0.39, 0.29) is 12.0 Å². The van der Waals surface area contributed by atoms with E-state index >= 15 is 0 Å². The third kappa shape index (κ3) is 3.13. The largest absolute Gasteiger partial charge is 0.368 e. The number of nitrogens with one attached hydrogen (secondary N) is 1. The van der Waals surface area contributed by atoms with E-state index in [1.54, 1.807) is 0 Å². The molecule has 2 aromatic heterocycles. The van der Waals surface area contributed by atoms with Crippen molar-refractivity contribution < 1.29 is 4.52 Å². The maximum atomic E-state index is 5.85. The molecule has 1 aromatic carbocycles. The third-order valence-electron chi connectivity index (χ3n) is 4.08. The summed E-state index contributed by atoms with van der Waals surface area (Å²) in [6, 6.07) is 9.83. The Morgan fingerprint density at radius 2 is 1.96 bits per heavy atom. The highest BCUT2D eigenvalue weighted by Gasteiger charge is 2.24. The van der Waals surface area contributed by atoms with E-state index in [0.29, 0.717) is 23.5 Å². The van der Waals surface area contributed by atoms with Crippen LogP contribution in [0.4, 0.5) is 17.6 Å². The second-order valence-electron chi connectivity index (χ2n) is 5.82. The smallest absolute Gasteiger partial charge is 0.244 e. The predicted molar refractivity (Wildman–Crippen MR) is 92.0 cm³/mol. The SMILES string of the molecule is CN(c1ccccc1)c1nc(N)nc(-c2noc([C@@H]3CCCN3)n2)n1. The molecular formula is C16H18N8O. The predicted octanol–water partition coefficient (Wildman–Crippen LogP) is 1.70. The van der Waals surface area contributed by atoms with E-state index in [1.807, 2.05) is 42.3 Å². The van der Waals surface area contributed by atoms with Gasteiger partial charge in [-0.1, -0.05) is 23.4 Å². The van der Waals surface area contributed by atoms with Crippen molar-refractivity contribution in [3.8, 4) is 11.6 Å². The molecule has 1 aliphatic rings. The Kier molecular flexibility index (Phi) is 3.98. The van der Waals surface area contributed by atoms with Crippen molar-refractivity contribution in [3.05, 3.63) is 36.2 Å². The number of hydrogen-bond acceptors (Lipinski definition) is 9. The molecule has 128 valence electrons. The van der Waals surface area contributed by atoms with Crippen LogP contribution in [0.2, 0.25) is 0 Å². The number of benzene rings is 1. The molecule has 3 heterocycles. The topological polar surface area (TPSA) is 119 Å². The molecule has 1 aliphatic heterocycles. The molecule has 1 atom stereocenters. The molecule has 0 amide bonds. The van der Waals surface area contributed by atoms with E-state index in [1.165, 1.54) is 0 Å². The Labute approximate surface area is 144 Å². The van der Waals surface area contributed by atoms with Crippen LogP contribution in [0.15, 0.2) is 34.9 Å². The monoisotopic (exact) mass is 338 g/mol. The van der Waals surface area contributed by atoms with Crippen molar-refractivity contribution in [2.75, 3.05) is 24.2 Å². The molecule has 1 fully saturated rings. The van der Waals surface area contributed by atoms with Crippen molar-refractivity contribution in [1.29, 1.82) is 0 Å². The summed E-state index contributed by atoms with van der Waals surface area (Å²) >= 11 is 0.